The number of anilines is 1. The minimum absolute atomic E-state index is 0.0617. The minimum atomic E-state index is 0.0617. The Morgan fingerprint density at radius 2 is 2.00 bits per heavy atom. The van der Waals surface area contributed by atoms with Crippen LogP contribution in [0.3, 0.4) is 0 Å². The number of amides is 1. The summed E-state index contributed by atoms with van der Waals surface area (Å²) in [5.41, 5.74) is 3.76. The van der Waals surface area contributed by atoms with Crippen molar-refractivity contribution >= 4 is 22.6 Å². The van der Waals surface area contributed by atoms with Crippen LogP contribution in [0.1, 0.15) is 24.1 Å². The maximum Gasteiger partial charge on any atom is 0.227 e. The number of hydrogen-bond acceptors (Lipinski definition) is 3. The van der Waals surface area contributed by atoms with Gasteiger partial charge < -0.3 is 14.8 Å². The third-order valence-electron chi connectivity index (χ3n) is 5.94. The number of carbonyl (C=O) groups excluding carboxylic acids is 1. The van der Waals surface area contributed by atoms with Crippen molar-refractivity contribution in [2.24, 2.45) is 5.92 Å². The summed E-state index contributed by atoms with van der Waals surface area (Å²) in [7, 11) is 0. The van der Waals surface area contributed by atoms with E-state index in [1.54, 1.807) is 0 Å². The molecule has 0 bridgehead atoms. The molecular weight excluding hydrogens is 336 g/mol. The van der Waals surface area contributed by atoms with E-state index in [4.69, 9.17) is 0 Å². The first-order valence-corrected chi connectivity index (χ1v) is 9.83. The molecule has 27 heavy (non-hydrogen) atoms. The molecule has 3 aromatic rings. The number of aromatic nitrogens is 2. The van der Waals surface area contributed by atoms with E-state index in [2.05, 4.69) is 39.1 Å². The molecule has 1 aromatic carbocycles. The van der Waals surface area contributed by atoms with Crippen LogP contribution in [0.2, 0.25) is 0 Å². The molecule has 5 heteroatoms. The summed E-state index contributed by atoms with van der Waals surface area (Å²) in [6.07, 6.45) is 4.77. The summed E-state index contributed by atoms with van der Waals surface area (Å²) in [5, 5.41) is 1.30. The van der Waals surface area contributed by atoms with E-state index in [1.165, 1.54) is 22.2 Å². The molecule has 1 N–H and O–H groups in total. The molecule has 2 aliphatic rings. The fourth-order valence-electron chi connectivity index (χ4n) is 4.57. The molecule has 0 radical (unpaired) electrons. The Balaban J connectivity index is 1.32. The predicted octanol–water partition coefficient (Wildman–Crippen LogP) is 3.36. The van der Waals surface area contributed by atoms with Crippen molar-refractivity contribution in [2.75, 3.05) is 24.5 Å². The number of benzene rings is 1. The number of para-hydroxylation sites is 1. The molecule has 5 rings (SSSR count). The Hall–Kier alpha value is -2.82. The molecule has 0 aliphatic carbocycles. The Bertz CT molecular complexity index is 965. The summed E-state index contributed by atoms with van der Waals surface area (Å²) in [6.45, 7) is 3.26. The van der Waals surface area contributed by atoms with Crippen molar-refractivity contribution in [2.45, 2.75) is 25.8 Å². The quantitative estimate of drug-likeness (QED) is 0.762. The maximum atomic E-state index is 13.2. The van der Waals surface area contributed by atoms with Crippen molar-refractivity contribution < 1.29 is 4.79 Å². The lowest BCUT2D eigenvalue weighted by atomic mass is 9.95. The first-order valence-electron chi connectivity index (χ1n) is 9.83. The minimum Gasteiger partial charge on any atom is -0.357 e. The number of fused-ring (bicyclic) bond motifs is 3. The molecule has 4 heterocycles. The van der Waals surface area contributed by atoms with Crippen LogP contribution in [-0.2, 0) is 17.8 Å². The lowest BCUT2D eigenvalue weighted by Gasteiger charge is -2.36. The van der Waals surface area contributed by atoms with E-state index < -0.39 is 0 Å². The van der Waals surface area contributed by atoms with Gasteiger partial charge in [-0.3, -0.25) is 4.79 Å². The molecule has 2 aliphatic heterocycles. The van der Waals surface area contributed by atoms with Gasteiger partial charge in [0, 0.05) is 42.4 Å². The largest absolute Gasteiger partial charge is 0.357 e. The van der Waals surface area contributed by atoms with Crippen LogP contribution in [0.25, 0.3) is 10.9 Å². The van der Waals surface area contributed by atoms with Gasteiger partial charge in [0.2, 0.25) is 5.91 Å². The lowest BCUT2D eigenvalue weighted by Crippen LogP contribution is -2.46. The number of nitrogens with one attached hydrogen (secondary N) is 1. The molecule has 1 saturated heterocycles. The first kappa shape index (κ1) is 16.4. The zero-order chi connectivity index (χ0) is 18.2. The standard InChI is InChI=1S/C22H24N4O/c27-22(16-6-5-12-25(14-16)21-9-3-4-11-23-21)26-13-10-18-17-7-1-2-8-19(17)24-20(18)15-26/h1-4,7-9,11,16,24H,5-6,10,12-15H2. The van der Waals surface area contributed by atoms with Gasteiger partial charge in [-0.2, -0.15) is 0 Å². The van der Waals surface area contributed by atoms with Gasteiger partial charge in [-0.15, -0.1) is 0 Å². The number of rotatable bonds is 2. The highest BCUT2D eigenvalue weighted by Crippen LogP contribution is 2.29. The van der Waals surface area contributed by atoms with Crippen LogP contribution >= 0.6 is 0 Å². The SMILES string of the molecule is O=C(C1CCCN(c2ccccn2)C1)N1CCc2c([nH]c3ccccc23)C1. The van der Waals surface area contributed by atoms with E-state index in [0.29, 0.717) is 12.5 Å². The van der Waals surface area contributed by atoms with Crippen LogP contribution < -0.4 is 4.90 Å². The van der Waals surface area contributed by atoms with Crippen molar-refractivity contribution in [1.29, 1.82) is 0 Å². The van der Waals surface area contributed by atoms with Gasteiger partial charge >= 0.3 is 0 Å². The predicted molar refractivity (Wildman–Crippen MR) is 107 cm³/mol. The van der Waals surface area contributed by atoms with E-state index in [1.807, 2.05) is 29.3 Å². The topological polar surface area (TPSA) is 52.2 Å². The van der Waals surface area contributed by atoms with E-state index in [9.17, 15) is 4.79 Å². The zero-order valence-corrected chi connectivity index (χ0v) is 15.4. The number of hydrogen-bond donors (Lipinski definition) is 1. The smallest absolute Gasteiger partial charge is 0.227 e. The number of H-pyrrole nitrogens is 1. The monoisotopic (exact) mass is 360 g/mol. The zero-order valence-electron chi connectivity index (χ0n) is 15.4. The molecule has 2 aromatic heterocycles. The van der Waals surface area contributed by atoms with E-state index in [0.717, 1.165) is 44.7 Å². The van der Waals surface area contributed by atoms with Gasteiger partial charge in [0.1, 0.15) is 5.82 Å². The van der Waals surface area contributed by atoms with Crippen LogP contribution in [0.5, 0.6) is 0 Å². The van der Waals surface area contributed by atoms with Crippen molar-refractivity contribution in [3.63, 3.8) is 0 Å². The van der Waals surface area contributed by atoms with Gasteiger partial charge in [-0.25, -0.2) is 4.98 Å². The second-order valence-corrected chi connectivity index (χ2v) is 7.61. The second-order valence-electron chi connectivity index (χ2n) is 7.61. The van der Waals surface area contributed by atoms with Crippen LogP contribution in [0.4, 0.5) is 5.82 Å². The van der Waals surface area contributed by atoms with Crippen LogP contribution in [-0.4, -0.2) is 40.4 Å². The normalized spacial score (nSPS) is 19.9. The second kappa shape index (κ2) is 6.72. The van der Waals surface area contributed by atoms with Gasteiger partial charge in [0.05, 0.1) is 12.5 Å². The summed E-state index contributed by atoms with van der Waals surface area (Å²) >= 11 is 0. The number of pyridine rings is 1. The third-order valence-corrected chi connectivity index (χ3v) is 5.94. The molecule has 0 spiro atoms. The average Bonchev–Trinajstić information content (AvgIpc) is 3.12. The summed E-state index contributed by atoms with van der Waals surface area (Å²) in [6, 6.07) is 14.4. The molecule has 1 fully saturated rings. The fourth-order valence-corrected chi connectivity index (χ4v) is 4.57. The van der Waals surface area contributed by atoms with Crippen molar-refractivity contribution in [3.05, 3.63) is 59.9 Å². The average molecular weight is 360 g/mol. The highest BCUT2D eigenvalue weighted by atomic mass is 16.2. The summed E-state index contributed by atoms with van der Waals surface area (Å²) in [5.74, 6) is 1.33. The number of piperidine rings is 1. The van der Waals surface area contributed by atoms with Crippen molar-refractivity contribution in [1.82, 2.24) is 14.9 Å². The molecule has 0 saturated carbocycles. The van der Waals surface area contributed by atoms with Crippen LogP contribution in [0, 0.1) is 5.92 Å². The van der Waals surface area contributed by atoms with Gasteiger partial charge in [-0.05, 0) is 43.0 Å². The molecule has 1 amide bonds. The highest BCUT2D eigenvalue weighted by Gasteiger charge is 2.32. The Labute approximate surface area is 159 Å². The lowest BCUT2D eigenvalue weighted by molar-refractivity contribution is -0.136. The maximum absolute atomic E-state index is 13.2. The molecule has 1 unspecified atom stereocenters. The number of aromatic amines is 1. The summed E-state index contributed by atoms with van der Waals surface area (Å²) in [4.78, 5) is 25.5. The van der Waals surface area contributed by atoms with Gasteiger partial charge in [0.15, 0.2) is 0 Å². The fraction of sp³-hybridized carbons (Fsp3) is 0.364. The first-order chi connectivity index (χ1) is 13.3. The van der Waals surface area contributed by atoms with Gasteiger partial charge in [0.25, 0.3) is 0 Å². The Morgan fingerprint density at radius 1 is 1.11 bits per heavy atom. The van der Waals surface area contributed by atoms with Crippen LogP contribution in [0.15, 0.2) is 48.7 Å². The molecular formula is C22H24N4O. The van der Waals surface area contributed by atoms with E-state index >= 15 is 0 Å². The van der Waals surface area contributed by atoms with Gasteiger partial charge in [-0.1, -0.05) is 24.3 Å². The van der Waals surface area contributed by atoms with Crippen molar-refractivity contribution in [3.8, 4) is 0 Å². The third kappa shape index (κ3) is 2.97. The number of nitrogens with zero attached hydrogens (tertiary/aromatic N) is 3. The number of carbonyl (C=O) groups is 1. The Morgan fingerprint density at radius 3 is 2.89 bits per heavy atom. The Kier molecular flexibility index (Phi) is 4.07. The van der Waals surface area contributed by atoms with E-state index in [-0.39, 0.29) is 5.92 Å². The summed E-state index contributed by atoms with van der Waals surface area (Å²) < 4.78 is 0. The highest BCUT2D eigenvalue weighted by molar-refractivity contribution is 5.86. The molecule has 1 atom stereocenters. The molecule has 5 nitrogen and oxygen atoms in total. The molecule has 138 valence electrons.